The Balaban J connectivity index is 1.34. The second-order valence-electron chi connectivity index (χ2n) is 8.47. The van der Waals surface area contributed by atoms with Crippen LogP contribution < -0.4 is 15.5 Å². The van der Waals surface area contributed by atoms with E-state index >= 15 is 0 Å². The Bertz CT molecular complexity index is 1200. The first-order valence-electron chi connectivity index (χ1n) is 10.6. The van der Waals surface area contributed by atoms with Crippen LogP contribution in [0, 0.1) is 0 Å². The molecule has 0 saturated heterocycles. The summed E-state index contributed by atoms with van der Waals surface area (Å²) < 4.78 is 23.5. The number of para-hydroxylation sites is 1. The molecule has 0 spiro atoms. The van der Waals surface area contributed by atoms with Gasteiger partial charge in [0.15, 0.2) is 9.84 Å². The highest BCUT2D eigenvalue weighted by Gasteiger charge is 2.23. The van der Waals surface area contributed by atoms with Gasteiger partial charge in [0.25, 0.3) is 0 Å². The summed E-state index contributed by atoms with van der Waals surface area (Å²) >= 11 is 7.67. The topological polar surface area (TPSA) is 87.2 Å². The molecule has 0 amide bonds. The predicted molar refractivity (Wildman–Crippen MR) is 133 cm³/mol. The van der Waals surface area contributed by atoms with E-state index in [4.69, 9.17) is 21.6 Å². The zero-order valence-electron chi connectivity index (χ0n) is 18.4. The Labute approximate surface area is 198 Å². The van der Waals surface area contributed by atoms with E-state index in [0.717, 1.165) is 47.3 Å². The van der Waals surface area contributed by atoms with Crippen LogP contribution in [-0.4, -0.2) is 50.8 Å². The molecule has 1 fully saturated rings. The normalized spacial score (nSPS) is 19.2. The second-order valence-corrected chi connectivity index (χ2v) is 11.8. The van der Waals surface area contributed by atoms with E-state index < -0.39 is 9.84 Å². The monoisotopic (exact) mass is 493 g/mol. The molecule has 2 aromatic heterocycles. The van der Waals surface area contributed by atoms with E-state index in [1.54, 1.807) is 5.38 Å². The number of nitrogens with zero attached hydrogens (tertiary/aromatic N) is 3. The van der Waals surface area contributed by atoms with Crippen molar-refractivity contribution in [3.05, 3.63) is 39.5 Å². The quantitative estimate of drug-likeness (QED) is 0.506. The number of rotatable bonds is 7. The van der Waals surface area contributed by atoms with Crippen LogP contribution in [0.2, 0.25) is 5.02 Å². The number of benzene rings is 1. The van der Waals surface area contributed by atoms with E-state index in [9.17, 15) is 8.42 Å². The molecule has 10 heteroatoms. The van der Waals surface area contributed by atoms with Crippen LogP contribution in [0.15, 0.2) is 34.5 Å². The summed E-state index contributed by atoms with van der Waals surface area (Å²) in [5.74, 6) is 1.58. The molecule has 1 aromatic carbocycles. The van der Waals surface area contributed by atoms with Gasteiger partial charge in [-0.3, -0.25) is 0 Å². The lowest BCUT2D eigenvalue weighted by atomic mass is 9.91. The predicted octanol–water partition coefficient (Wildman–Crippen LogP) is 4.33. The highest BCUT2D eigenvalue weighted by molar-refractivity contribution is 7.91. The van der Waals surface area contributed by atoms with Gasteiger partial charge in [-0.15, -0.1) is 11.3 Å². The maximum Gasteiger partial charge on any atom is 0.225 e. The fourth-order valence-corrected chi connectivity index (χ4v) is 6.91. The highest BCUT2D eigenvalue weighted by atomic mass is 35.5. The summed E-state index contributed by atoms with van der Waals surface area (Å²) in [6.07, 6.45) is 5.25. The zero-order valence-corrected chi connectivity index (χ0v) is 20.8. The smallest absolute Gasteiger partial charge is 0.225 e. The number of hydrogen-bond acceptors (Lipinski definition) is 8. The standard InChI is InChI=1S/C22H28ClN5O2S2/c1-28(2)21-16-6-4-5-7-17(16)26-22(27-21)25-15-10-8-14(9-11-15)24-12-18-20(23)19(13-31-18)32(3,29)30/h4-7,13-15,24H,8-12H2,1-3H3,(H,25,26,27)/t14-,15+. The molecule has 7 nitrogen and oxygen atoms in total. The molecule has 0 radical (unpaired) electrons. The molecule has 1 aliphatic rings. The van der Waals surface area contributed by atoms with Crippen LogP contribution in [0.25, 0.3) is 10.9 Å². The average molecular weight is 494 g/mol. The second kappa shape index (κ2) is 9.51. The van der Waals surface area contributed by atoms with Gasteiger partial charge in [0.05, 0.1) is 15.4 Å². The zero-order chi connectivity index (χ0) is 22.9. The van der Waals surface area contributed by atoms with Gasteiger partial charge in [-0.1, -0.05) is 23.7 Å². The van der Waals surface area contributed by atoms with Gasteiger partial charge < -0.3 is 15.5 Å². The number of aromatic nitrogens is 2. The Morgan fingerprint density at radius 2 is 1.81 bits per heavy atom. The summed E-state index contributed by atoms with van der Waals surface area (Å²) in [4.78, 5) is 12.6. The van der Waals surface area contributed by atoms with Crippen molar-refractivity contribution in [3.63, 3.8) is 0 Å². The van der Waals surface area contributed by atoms with Gasteiger partial charge in [-0.2, -0.15) is 4.98 Å². The molecular weight excluding hydrogens is 466 g/mol. The molecule has 0 bridgehead atoms. The molecule has 32 heavy (non-hydrogen) atoms. The third kappa shape index (κ3) is 5.17. The van der Waals surface area contributed by atoms with E-state index in [1.807, 2.05) is 43.3 Å². The number of anilines is 2. The Kier molecular flexibility index (Phi) is 6.90. The average Bonchev–Trinajstić information content (AvgIpc) is 3.13. The molecule has 0 atom stereocenters. The molecule has 0 unspecified atom stereocenters. The summed E-state index contributed by atoms with van der Waals surface area (Å²) in [6.45, 7) is 0.585. The fraction of sp³-hybridized carbons (Fsp3) is 0.455. The number of halogens is 1. The lowest BCUT2D eigenvalue weighted by molar-refractivity contribution is 0.353. The van der Waals surface area contributed by atoms with Crippen molar-refractivity contribution < 1.29 is 8.42 Å². The molecule has 3 aromatic rings. The summed E-state index contributed by atoms with van der Waals surface area (Å²) in [5.41, 5.74) is 0.936. The fourth-order valence-electron chi connectivity index (χ4n) is 4.06. The number of sulfone groups is 1. The minimum atomic E-state index is -3.29. The molecule has 1 aliphatic carbocycles. The van der Waals surface area contributed by atoms with Gasteiger partial charge in [-0.05, 0) is 37.8 Å². The summed E-state index contributed by atoms with van der Waals surface area (Å²) in [6, 6.07) is 8.76. The van der Waals surface area contributed by atoms with E-state index in [-0.39, 0.29) is 4.90 Å². The van der Waals surface area contributed by atoms with Crippen molar-refractivity contribution >= 4 is 55.4 Å². The lowest BCUT2D eigenvalue weighted by Crippen LogP contribution is -2.36. The Hall–Kier alpha value is -1.94. The Morgan fingerprint density at radius 3 is 2.47 bits per heavy atom. The molecule has 4 rings (SSSR count). The molecule has 2 heterocycles. The number of hydrogen-bond donors (Lipinski definition) is 2. The third-order valence-corrected chi connectivity index (χ3v) is 8.70. The molecule has 172 valence electrons. The van der Waals surface area contributed by atoms with Gasteiger partial charge >= 0.3 is 0 Å². The first kappa shape index (κ1) is 23.2. The van der Waals surface area contributed by atoms with Crippen LogP contribution >= 0.6 is 22.9 Å². The maximum atomic E-state index is 11.8. The van der Waals surface area contributed by atoms with Crippen molar-refractivity contribution in [1.82, 2.24) is 15.3 Å². The first-order valence-corrected chi connectivity index (χ1v) is 13.8. The summed E-state index contributed by atoms with van der Waals surface area (Å²) in [7, 11) is 0.701. The van der Waals surface area contributed by atoms with Gasteiger partial charge in [0, 0.05) is 54.6 Å². The van der Waals surface area contributed by atoms with Crippen molar-refractivity contribution in [1.29, 1.82) is 0 Å². The van der Waals surface area contributed by atoms with Crippen LogP contribution in [0.4, 0.5) is 11.8 Å². The third-order valence-electron chi connectivity index (χ3n) is 5.79. The van der Waals surface area contributed by atoms with Gasteiger partial charge in [0.1, 0.15) is 5.82 Å². The minimum absolute atomic E-state index is 0.223. The van der Waals surface area contributed by atoms with Crippen molar-refractivity contribution in [2.75, 3.05) is 30.6 Å². The Morgan fingerprint density at radius 1 is 1.12 bits per heavy atom. The SMILES string of the molecule is CN(C)c1nc(N[C@H]2CC[C@@H](NCc3scc(S(C)(=O)=O)c3Cl)CC2)nc2ccccc12. The number of nitrogens with one attached hydrogen (secondary N) is 2. The largest absolute Gasteiger partial charge is 0.362 e. The van der Waals surface area contributed by atoms with Crippen molar-refractivity contribution in [2.45, 2.75) is 49.2 Å². The number of fused-ring (bicyclic) bond motifs is 1. The van der Waals surface area contributed by atoms with Gasteiger partial charge in [0.2, 0.25) is 5.95 Å². The molecule has 0 aliphatic heterocycles. The van der Waals surface area contributed by atoms with Gasteiger partial charge in [-0.25, -0.2) is 13.4 Å². The van der Waals surface area contributed by atoms with Crippen LogP contribution in [0.3, 0.4) is 0 Å². The van der Waals surface area contributed by atoms with E-state index in [1.165, 1.54) is 17.6 Å². The molecule has 1 saturated carbocycles. The first-order chi connectivity index (χ1) is 15.2. The lowest BCUT2D eigenvalue weighted by Gasteiger charge is -2.30. The molecule has 2 N–H and O–H groups in total. The van der Waals surface area contributed by atoms with E-state index in [0.29, 0.717) is 29.6 Å². The summed E-state index contributed by atoms with van der Waals surface area (Å²) in [5, 5.41) is 10.1. The molecular formula is C22H28ClN5O2S2. The van der Waals surface area contributed by atoms with Crippen LogP contribution in [0.1, 0.15) is 30.6 Å². The van der Waals surface area contributed by atoms with Crippen LogP contribution in [-0.2, 0) is 16.4 Å². The minimum Gasteiger partial charge on any atom is -0.362 e. The van der Waals surface area contributed by atoms with Crippen LogP contribution in [0.5, 0.6) is 0 Å². The number of thiophene rings is 1. The maximum absolute atomic E-state index is 11.8. The van der Waals surface area contributed by atoms with E-state index in [2.05, 4.69) is 10.6 Å². The highest BCUT2D eigenvalue weighted by Crippen LogP contribution is 2.32. The van der Waals surface area contributed by atoms with Crippen molar-refractivity contribution in [3.8, 4) is 0 Å². The van der Waals surface area contributed by atoms with Crippen molar-refractivity contribution in [2.24, 2.45) is 0 Å².